The molecule has 1 aromatic heterocycles. The Balaban J connectivity index is 2.90. The van der Waals surface area contributed by atoms with Gasteiger partial charge in [-0.1, -0.05) is 22.9 Å². The van der Waals surface area contributed by atoms with Gasteiger partial charge in [0.25, 0.3) is 5.91 Å². The predicted octanol–water partition coefficient (Wildman–Crippen LogP) is 2.78. The van der Waals surface area contributed by atoms with Crippen LogP contribution in [0.2, 0.25) is 0 Å². The molecule has 1 aromatic rings. The zero-order valence-corrected chi connectivity index (χ0v) is 13.0. The number of alkyl halides is 1. The Hall–Kier alpha value is -0.970. The molecule has 18 heavy (non-hydrogen) atoms. The summed E-state index contributed by atoms with van der Waals surface area (Å²) in [7, 11) is 0. The first-order chi connectivity index (χ1) is 8.41. The smallest absolute Gasteiger partial charge is 0.253 e. The van der Waals surface area contributed by atoms with E-state index >= 15 is 0 Å². The lowest BCUT2D eigenvalue weighted by molar-refractivity contribution is 0.0900. The van der Waals surface area contributed by atoms with E-state index < -0.39 is 0 Å². The van der Waals surface area contributed by atoms with Crippen LogP contribution in [-0.4, -0.2) is 27.0 Å². The summed E-state index contributed by atoms with van der Waals surface area (Å²) in [6, 6.07) is 1.78. The zero-order valence-electron chi connectivity index (χ0n) is 11.4. The van der Waals surface area contributed by atoms with Gasteiger partial charge in [-0.15, -0.1) is 0 Å². The molecule has 1 rings (SSSR count). The SMILES string of the molecule is CCC(C)(CCBr)NC(=O)c1cc(C)nnc1C. The van der Waals surface area contributed by atoms with Crippen molar-refractivity contribution in [3.05, 3.63) is 23.0 Å². The van der Waals surface area contributed by atoms with E-state index in [4.69, 9.17) is 0 Å². The maximum absolute atomic E-state index is 12.3. The summed E-state index contributed by atoms with van der Waals surface area (Å²) < 4.78 is 0. The number of aryl methyl sites for hydroxylation is 2. The Labute approximate surface area is 117 Å². The van der Waals surface area contributed by atoms with Crippen LogP contribution in [0.4, 0.5) is 0 Å². The lowest BCUT2D eigenvalue weighted by Gasteiger charge is -2.29. The van der Waals surface area contributed by atoms with Crippen molar-refractivity contribution in [2.24, 2.45) is 0 Å². The Bertz CT molecular complexity index is 436. The van der Waals surface area contributed by atoms with Crippen molar-refractivity contribution in [1.29, 1.82) is 0 Å². The summed E-state index contributed by atoms with van der Waals surface area (Å²) in [5.41, 5.74) is 1.83. The molecule has 4 nitrogen and oxygen atoms in total. The van der Waals surface area contributed by atoms with E-state index in [1.165, 1.54) is 0 Å². The van der Waals surface area contributed by atoms with Gasteiger partial charge in [0, 0.05) is 10.9 Å². The first-order valence-electron chi connectivity index (χ1n) is 6.11. The van der Waals surface area contributed by atoms with E-state index in [0.29, 0.717) is 11.3 Å². The second-order valence-corrected chi connectivity index (χ2v) is 5.59. The average Bonchev–Trinajstić information content (AvgIpc) is 2.32. The maximum atomic E-state index is 12.3. The van der Waals surface area contributed by atoms with Gasteiger partial charge in [-0.3, -0.25) is 4.79 Å². The van der Waals surface area contributed by atoms with Crippen molar-refractivity contribution < 1.29 is 4.79 Å². The standard InChI is InChI=1S/C13H20BrN3O/c1-5-13(4,6-7-14)15-12(18)11-8-9(2)16-17-10(11)3/h8H,5-7H2,1-4H3,(H,15,18). The maximum Gasteiger partial charge on any atom is 0.253 e. The number of carbonyl (C=O) groups is 1. The predicted molar refractivity (Wildman–Crippen MR) is 76.1 cm³/mol. The largest absolute Gasteiger partial charge is 0.347 e. The Morgan fingerprint density at radius 2 is 2.11 bits per heavy atom. The minimum Gasteiger partial charge on any atom is -0.347 e. The summed E-state index contributed by atoms with van der Waals surface area (Å²) in [6.07, 6.45) is 1.78. The van der Waals surface area contributed by atoms with Gasteiger partial charge in [0.1, 0.15) is 0 Å². The van der Waals surface area contributed by atoms with Gasteiger partial charge in [-0.2, -0.15) is 10.2 Å². The van der Waals surface area contributed by atoms with Crippen LogP contribution in [0.1, 0.15) is 48.4 Å². The lowest BCUT2D eigenvalue weighted by Crippen LogP contribution is -2.46. The van der Waals surface area contributed by atoms with Gasteiger partial charge < -0.3 is 5.32 Å². The number of hydrogen-bond acceptors (Lipinski definition) is 3. The minimum absolute atomic E-state index is 0.0733. The molecule has 0 saturated heterocycles. The normalized spacial score (nSPS) is 14.1. The fraction of sp³-hybridized carbons (Fsp3) is 0.615. The van der Waals surface area contributed by atoms with Crippen LogP contribution in [0, 0.1) is 13.8 Å². The van der Waals surface area contributed by atoms with E-state index in [1.54, 1.807) is 13.0 Å². The summed E-state index contributed by atoms with van der Waals surface area (Å²) in [5.74, 6) is -0.0733. The van der Waals surface area contributed by atoms with Crippen molar-refractivity contribution in [1.82, 2.24) is 15.5 Å². The van der Waals surface area contributed by atoms with Crippen molar-refractivity contribution in [2.45, 2.75) is 46.1 Å². The van der Waals surface area contributed by atoms with E-state index in [9.17, 15) is 4.79 Å². The van der Waals surface area contributed by atoms with E-state index in [-0.39, 0.29) is 11.4 Å². The highest BCUT2D eigenvalue weighted by Gasteiger charge is 2.25. The molecule has 1 N–H and O–H groups in total. The molecule has 1 atom stereocenters. The Morgan fingerprint density at radius 3 is 2.67 bits per heavy atom. The van der Waals surface area contributed by atoms with Crippen LogP contribution in [-0.2, 0) is 0 Å². The molecule has 1 amide bonds. The molecule has 0 saturated carbocycles. The van der Waals surface area contributed by atoms with Crippen LogP contribution in [0.3, 0.4) is 0 Å². The Morgan fingerprint density at radius 1 is 1.44 bits per heavy atom. The summed E-state index contributed by atoms with van der Waals surface area (Å²) in [5, 5.41) is 11.9. The van der Waals surface area contributed by atoms with Crippen molar-refractivity contribution >= 4 is 21.8 Å². The number of halogens is 1. The topological polar surface area (TPSA) is 54.9 Å². The third-order valence-corrected chi connectivity index (χ3v) is 3.58. The number of rotatable bonds is 5. The number of carbonyl (C=O) groups excluding carboxylic acids is 1. The van der Waals surface area contributed by atoms with Crippen molar-refractivity contribution in [2.75, 3.05) is 5.33 Å². The van der Waals surface area contributed by atoms with Gasteiger partial charge >= 0.3 is 0 Å². The van der Waals surface area contributed by atoms with Crippen LogP contribution >= 0.6 is 15.9 Å². The number of hydrogen-bond donors (Lipinski definition) is 1. The van der Waals surface area contributed by atoms with Crippen LogP contribution in [0.25, 0.3) is 0 Å². The highest BCUT2D eigenvalue weighted by atomic mass is 79.9. The highest BCUT2D eigenvalue weighted by Crippen LogP contribution is 2.17. The first kappa shape index (κ1) is 15.1. The van der Waals surface area contributed by atoms with Crippen LogP contribution in [0.5, 0.6) is 0 Å². The first-order valence-corrected chi connectivity index (χ1v) is 7.23. The fourth-order valence-electron chi connectivity index (χ4n) is 1.66. The molecule has 0 radical (unpaired) electrons. The molecular formula is C13H20BrN3O. The number of aromatic nitrogens is 2. The second kappa shape index (κ2) is 6.27. The molecule has 0 aromatic carbocycles. The molecule has 0 bridgehead atoms. The van der Waals surface area contributed by atoms with Gasteiger partial charge in [0.15, 0.2) is 0 Å². The van der Waals surface area contributed by atoms with Gasteiger partial charge in [-0.05, 0) is 39.7 Å². The van der Waals surface area contributed by atoms with Crippen molar-refractivity contribution in [3.63, 3.8) is 0 Å². The third kappa shape index (κ3) is 3.77. The quantitative estimate of drug-likeness (QED) is 0.850. The highest BCUT2D eigenvalue weighted by molar-refractivity contribution is 9.09. The molecule has 1 unspecified atom stereocenters. The second-order valence-electron chi connectivity index (χ2n) is 4.79. The Kier molecular flexibility index (Phi) is 5.26. The molecule has 100 valence electrons. The fourth-order valence-corrected chi connectivity index (χ4v) is 2.53. The molecule has 0 aliphatic rings. The van der Waals surface area contributed by atoms with E-state index in [2.05, 4.69) is 45.3 Å². The van der Waals surface area contributed by atoms with Crippen molar-refractivity contribution in [3.8, 4) is 0 Å². The minimum atomic E-state index is -0.190. The molecule has 1 heterocycles. The monoisotopic (exact) mass is 313 g/mol. The summed E-state index contributed by atoms with van der Waals surface area (Å²) in [6.45, 7) is 7.77. The molecule has 0 fully saturated rings. The van der Waals surface area contributed by atoms with Crippen LogP contribution in [0.15, 0.2) is 6.07 Å². The molecule has 0 aliphatic heterocycles. The molecule has 0 spiro atoms. The zero-order chi connectivity index (χ0) is 13.8. The molecular weight excluding hydrogens is 294 g/mol. The van der Waals surface area contributed by atoms with Gasteiger partial charge in [0.2, 0.25) is 0 Å². The number of amides is 1. The lowest BCUT2D eigenvalue weighted by atomic mass is 9.95. The van der Waals surface area contributed by atoms with E-state index in [0.717, 1.165) is 23.9 Å². The number of nitrogens with zero attached hydrogens (tertiary/aromatic N) is 2. The van der Waals surface area contributed by atoms with E-state index in [1.807, 2.05) is 6.92 Å². The molecule has 0 aliphatic carbocycles. The van der Waals surface area contributed by atoms with Gasteiger partial charge in [0.05, 0.1) is 17.0 Å². The molecule has 5 heteroatoms. The summed E-state index contributed by atoms with van der Waals surface area (Å²) >= 11 is 3.42. The summed E-state index contributed by atoms with van der Waals surface area (Å²) in [4.78, 5) is 12.3. The van der Waals surface area contributed by atoms with Gasteiger partial charge in [-0.25, -0.2) is 0 Å². The third-order valence-electron chi connectivity index (χ3n) is 3.19. The average molecular weight is 314 g/mol. The van der Waals surface area contributed by atoms with Crippen LogP contribution < -0.4 is 5.32 Å². The number of nitrogens with one attached hydrogen (secondary N) is 1.